The minimum atomic E-state index is -1.96. The molecular formula is C20H26N4O6. The number of nitrogens with zero attached hydrogens (tertiary/aromatic N) is 2. The van der Waals surface area contributed by atoms with Gasteiger partial charge in [0.25, 0.3) is 0 Å². The summed E-state index contributed by atoms with van der Waals surface area (Å²) in [6, 6.07) is 17.7. The van der Waals surface area contributed by atoms with E-state index in [1.807, 2.05) is 12.1 Å². The largest absolute Gasteiger partial charge is 0.394 e. The van der Waals surface area contributed by atoms with Crippen molar-refractivity contribution in [2.75, 3.05) is 17.5 Å². The molecule has 0 bridgehead atoms. The minimum absolute atomic E-state index is 0.167. The summed E-state index contributed by atoms with van der Waals surface area (Å²) in [5.74, 6) is 0. The Hall–Kier alpha value is -2.86. The molecule has 0 aromatic heterocycles. The van der Waals surface area contributed by atoms with E-state index in [1.54, 1.807) is 48.5 Å². The molecule has 5 atom stereocenters. The summed E-state index contributed by atoms with van der Waals surface area (Å²) >= 11 is 0. The van der Waals surface area contributed by atoms with Gasteiger partial charge in [-0.25, -0.2) is 0 Å². The zero-order valence-electron chi connectivity index (χ0n) is 16.0. The van der Waals surface area contributed by atoms with E-state index in [1.165, 1.54) is 0 Å². The van der Waals surface area contributed by atoms with Crippen LogP contribution >= 0.6 is 0 Å². The Morgan fingerprint density at radius 3 is 1.83 bits per heavy atom. The maximum atomic E-state index is 10.5. The third-order valence-corrected chi connectivity index (χ3v) is 4.16. The van der Waals surface area contributed by atoms with Gasteiger partial charge in [0.15, 0.2) is 0 Å². The summed E-state index contributed by atoms with van der Waals surface area (Å²) in [6.45, 7) is -0.833. The van der Waals surface area contributed by atoms with Crippen molar-refractivity contribution in [3.05, 3.63) is 60.7 Å². The summed E-state index contributed by atoms with van der Waals surface area (Å²) in [6.07, 6.45) is -8.11. The van der Waals surface area contributed by atoms with Crippen LogP contribution in [0.15, 0.2) is 70.9 Å². The molecule has 0 unspecified atom stereocenters. The fourth-order valence-electron chi connectivity index (χ4n) is 2.40. The van der Waals surface area contributed by atoms with E-state index in [4.69, 9.17) is 5.11 Å². The van der Waals surface area contributed by atoms with Gasteiger partial charge in [0.1, 0.15) is 36.2 Å². The lowest BCUT2D eigenvalue weighted by Gasteiger charge is -2.28. The molecule has 0 aliphatic rings. The van der Waals surface area contributed by atoms with E-state index in [9.17, 15) is 25.5 Å². The Bertz CT molecular complexity index is 805. The number of para-hydroxylation sites is 2. The first kappa shape index (κ1) is 23.4. The molecule has 0 saturated carbocycles. The van der Waals surface area contributed by atoms with Crippen molar-refractivity contribution in [2.45, 2.75) is 30.5 Å². The Morgan fingerprint density at radius 2 is 1.30 bits per heavy atom. The molecule has 8 N–H and O–H groups in total. The van der Waals surface area contributed by atoms with Crippen LogP contribution in [-0.4, -0.2) is 79.7 Å². The molecule has 0 amide bonds. The predicted octanol–water partition coefficient (Wildman–Crippen LogP) is -0.651. The van der Waals surface area contributed by atoms with Gasteiger partial charge in [-0.15, -0.1) is 0 Å². The number of benzene rings is 2. The molecule has 2 rings (SSSR count). The maximum Gasteiger partial charge on any atom is 0.128 e. The predicted molar refractivity (Wildman–Crippen MR) is 113 cm³/mol. The average molecular weight is 418 g/mol. The van der Waals surface area contributed by atoms with E-state index >= 15 is 0 Å². The van der Waals surface area contributed by atoms with Crippen LogP contribution in [0.1, 0.15) is 0 Å². The van der Waals surface area contributed by atoms with Crippen LogP contribution in [0.2, 0.25) is 0 Å². The summed E-state index contributed by atoms with van der Waals surface area (Å²) in [5.41, 5.74) is 6.52. The Kier molecular flexibility index (Phi) is 9.35. The highest BCUT2D eigenvalue weighted by Gasteiger charge is 2.35. The summed E-state index contributed by atoms with van der Waals surface area (Å²) in [5, 5.41) is 66.9. The molecule has 30 heavy (non-hydrogen) atoms. The molecule has 2 aromatic rings. The summed E-state index contributed by atoms with van der Waals surface area (Å²) in [7, 11) is 0. The van der Waals surface area contributed by atoms with Crippen molar-refractivity contribution in [2.24, 2.45) is 10.2 Å². The third-order valence-electron chi connectivity index (χ3n) is 4.16. The highest BCUT2D eigenvalue weighted by molar-refractivity contribution is 6.33. The number of hydrogen-bond acceptors (Lipinski definition) is 10. The van der Waals surface area contributed by atoms with Gasteiger partial charge in [0, 0.05) is 0 Å². The second-order valence-electron chi connectivity index (χ2n) is 6.42. The van der Waals surface area contributed by atoms with Gasteiger partial charge in [-0.05, 0) is 24.3 Å². The van der Waals surface area contributed by atoms with Crippen molar-refractivity contribution in [3.8, 4) is 0 Å². The van der Waals surface area contributed by atoms with Gasteiger partial charge in [-0.2, -0.15) is 10.2 Å². The van der Waals surface area contributed by atoms with Gasteiger partial charge in [0.05, 0.1) is 24.2 Å². The molecule has 0 spiro atoms. The van der Waals surface area contributed by atoms with Crippen LogP contribution in [0.5, 0.6) is 0 Å². The number of nitrogens with one attached hydrogen (secondary N) is 2. The molecule has 10 nitrogen and oxygen atoms in total. The van der Waals surface area contributed by atoms with Crippen molar-refractivity contribution in [1.82, 2.24) is 0 Å². The lowest BCUT2D eigenvalue weighted by Crippen LogP contribution is -2.52. The second-order valence-corrected chi connectivity index (χ2v) is 6.42. The molecule has 0 aliphatic heterocycles. The molecule has 0 fully saturated rings. The first-order chi connectivity index (χ1) is 14.4. The quantitative estimate of drug-likeness (QED) is 0.176. The van der Waals surface area contributed by atoms with E-state index in [2.05, 4.69) is 21.1 Å². The SMILES string of the molecule is OC[C@@H](O)[C@@H](O)[C@@H](O)[C@@H](O)[C@@H](O)C(/C=N\Nc1ccccc1)=N/Nc1ccccc1. The molecule has 0 aliphatic carbocycles. The van der Waals surface area contributed by atoms with Gasteiger partial charge in [0.2, 0.25) is 0 Å². The van der Waals surface area contributed by atoms with E-state index in [0.717, 1.165) is 6.21 Å². The van der Waals surface area contributed by atoms with Crippen LogP contribution in [0.4, 0.5) is 11.4 Å². The Morgan fingerprint density at radius 1 is 0.767 bits per heavy atom. The lowest BCUT2D eigenvalue weighted by atomic mass is 9.97. The van der Waals surface area contributed by atoms with Gasteiger partial charge in [-0.3, -0.25) is 10.9 Å². The van der Waals surface area contributed by atoms with Crippen molar-refractivity contribution in [3.63, 3.8) is 0 Å². The molecule has 2 aromatic carbocycles. The highest BCUT2D eigenvalue weighted by atomic mass is 16.4. The number of aliphatic hydroxyl groups is 6. The standard InChI is InChI=1S/C20H26N4O6/c25-12-16(26)18(28)20(30)19(29)17(27)15(24-23-14-9-5-2-6-10-14)11-21-22-13-7-3-1-4-8-13/h1-11,16-20,22-23,25-30H,12H2/b21-11-,24-15+/t16-,17+,18-,19+,20-/m1/s1. The van der Waals surface area contributed by atoms with Crippen molar-refractivity contribution >= 4 is 23.3 Å². The van der Waals surface area contributed by atoms with Crippen LogP contribution < -0.4 is 10.9 Å². The van der Waals surface area contributed by atoms with Crippen LogP contribution in [0.25, 0.3) is 0 Å². The van der Waals surface area contributed by atoms with Gasteiger partial charge >= 0.3 is 0 Å². The van der Waals surface area contributed by atoms with Gasteiger partial charge in [-0.1, -0.05) is 36.4 Å². The lowest BCUT2D eigenvalue weighted by molar-refractivity contribution is -0.130. The highest BCUT2D eigenvalue weighted by Crippen LogP contribution is 2.11. The van der Waals surface area contributed by atoms with Crippen LogP contribution in [-0.2, 0) is 0 Å². The molecule has 0 saturated heterocycles. The number of rotatable bonds is 11. The minimum Gasteiger partial charge on any atom is -0.394 e. The normalized spacial score (nSPS) is 17.2. The van der Waals surface area contributed by atoms with E-state index < -0.39 is 37.1 Å². The molecule has 10 heteroatoms. The molecular weight excluding hydrogens is 392 g/mol. The van der Waals surface area contributed by atoms with Gasteiger partial charge < -0.3 is 30.6 Å². The van der Waals surface area contributed by atoms with Crippen molar-refractivity contribution < 1.29 is 30.6 Å². The Labute approximate surface area is 173 Å². The smallest absolute Gasteiger partial charge is 0.128 e. The zero-order chi connectivity index (χ0) is 21.9. The third kappa shape index (κ3) is 6.88. The fraction of sp³-hybridized carbons (Fsp3) is 0.300. The first-order valence-corrected chi connectivity index (χ1v) is 9.18. The number of hydrogen-bond donors (Lipinski definition) is 8. The number of aliphatic hydroxyl groups excluding tert-OH is 6. The second kappa shape index (κ2) is 12.0. The summed E-state index contributed by atoms with van der Waals surface area (Å²) < 4.78 is 0. The van der Waals surface area contributed by atoms with Crippen LogP contribution in [0.3, 0.4) is 0 Å². The Balaban J connectivity index is 2.18. The number of hydrazone groups is 2. The number of anilines is 2. The van der Waals surface area contributed by atoms with Crippen LogP contribution in [0, 0.1) is 0 Å². The topological polar surface area (TPSA) is 170 Å². The maximum absolute atomic E-state index is 10.5. The fourth-order valence-corrected chi connectivity index (χ4v) is 2.40. The molecule has 162 valence electrons. The first-order valence-electron chi connectivity index (χ1n) is 9.18. The zero-order valence-corrected chi connectivity index (χ0v) is 16.0. The molecule has 0 heterocycles. The summed E-state index contributed by atoms with van der Waals surface area (Å²) in [4.78, 5) is 0. The van der Waals surface area contributed by atoms with E-state index in [0.29, 0.717) is 11.4 Å². The molecule has 0 radical (unpaired) electrons. The average Bonchev–Trinajstić information content (AvgIpc) is 2.80. The van der Waals surface area contributed by atoms with Crippen molar-refractivity contribution in [1.29, 1.82) is 0 Å². The van der Waals surface area contributed by atoms with E-state index in [-0.39, 0.29) is 5.71 Å². The monoisotopic (exact) mass is 418 g/mol.